The molecule has 0 fully saturated rings. The molecule has 1 aromatic heterocycles. The SMILES string of the molecule is CC(C)(C)N(CC(=O)N(CCc1ccccc1)Cc1ccco1)C(=O)C=Cc1ccccc1. The number of hydrogen-bond donors (Lipinski definition) is 0. The highest BCUT2D eigenvalue weighted by molar-refractivity contribution is 5.94. The predicted octanol–water partition coefficient (Wildman–Crippen LogP) is 5.19. The maximum absolute atomic E-state index is 13.4. The second-order valence-corrected chi connectivity index (χ2v) is 8.97. The van der Waals surface area contributed by atoms with Gasteiger partial charge < -0.3 is 14.2 Å². The topological polar surface area (TPSA) is 53.8 Å². The highest BCUT2D eigenvalue weighted by Crippen LogP contribution is 2.17. The van der Waals surface area contributed by atoms with Crippen LogP contribution in [0.2, 0.25) is 0 Å². The van der Waals surface area contributed by atoms with Crippen LogP contribution in [-0.2, 0) is 22.6 Å². The Labute approximate surface area is 196 Å². The molecule has 0 saturated heterocycles. The molecule has 172 valence electrons. The summed E-state index contributed by atoms with van der Waals surface area (Å²) in [6, 6.07) is 23.4. The van der Waals surface area contributed by atoms with Crippen molar-refractivity contribution in [2.75, 3.05) is 13.1 Å². The van der Waals surface area contributed by atoms with Crippen molar-refractivity contribution in [2.45, 2.75) is 39.3 Å². The first-order valence-corrected chi connectivity index (χ1v) is 11.2. The van der Waals surface area contributed by atoms with Gasteiger partial charge in [-0.25, -0.2) is 0 Å². The van der Waals surface area contributed by atoms with E-state index in [4.69, 9.17) is 4.42 Å². The summed E-state index contributed by atoms with van der Waals surface area (Å²) >= 11 is 0. The summed E-state index contributed by atoms with van der Waals surface area (Å²) in [6.07, 6.45) is 5.65. The summed E-state index contributed by atoms with van der Waals surface area (Å²) in [5, 5.41) is 0. The molecule has 5 nitrogen and oxygen atoms in total. The lowest BCUT2D eigenvalue weighted by molar-refractivity contribution is -0.142. The van der Waals surface area contributed by atoms with Gasteiger partial charge in [0.25, 0.3) is 0 Å². The number of furan rings is 1. The molecule has 0 aliphatic rings. The number of rotatable bonds is 9. The molecular weight excluding hydrogens is 412 g/mol. The van der Waals surface area contributed by atoms with Gasteiger partial charge in [0.15, 0.2) is 0 Å². The van der Waals surface area contributed by atoms with E-state index in [1.807, 2.05) is 81.4 Å². The van der Waals surface area contributed by atoms with Gasteiger partial charge in [0.1, 0.15) is 12.3 Å². The van der Waals surface area contributed by atoms with Crippen molar-refractivity contribution in [1.29, 1.82) is 0 Å². The van der Waals surface area contributed by atoms with E-state index < -0.39 is 5.54 Å². The van der Waals surface area contributed by atoms with E-state index in [1.165, 1.54) is 6.08 Å². The predicted molar refractivity (Wildman–Crippen MR) is 131 cm³/mol. The van der Waals surface area contributed by atoms with E-state index in [0.717, 1.165) is 17.5 Å². The number of nitrogens with zero attached hydrogens (tertiary/aromatic N) is 2. The van der Waals surface area contributed by atoms with Crippen molar-refractivity contribution in [3.8, 4) is 0 Å². The Morgan fingerprint density at radius 1 is 0.909 bits per heavy atom. The molecule has 0 unspecified atom stereocenters. The number of hydrogen-bond acceptors (Lipinski definition) is 3. The Hall–Kier alpha value is -3.60. The summed E-state index contributed by atoms with van der Waals surface area (Å²) in [5.74, 6) is 0.411. The van der Waals surface area contributed by atoms with Gasteiger partial charge in [-0.2, -0.15) is 0 Å². The molecule has 3 rings (SSSR count). The van der Waals surface area contributed by atoms with Crippen LogP contribution in [0.25, 0.3) is 6.08 Å². The third kappa shape index (κ3) is 7.49. The van der Waals surface area contributed by atoms with E-state index in [2.05, 4.69) is 12.1 Å². The molecular formula is C28H32N2O3. The zero-order valence-corrected chi connectivity index (χ0v) is 19.6. The fourth-order valence-corrected chi connectivity index (χ4v) is 3.49. The van der Waals surface area contributed by atoms with Crippen LogP contribution < -0.4 is 0 Å². The molecule has 1 heterocycles. The number of amides is 2. The smallest absolute Gasteiger partial charge is 0.247 e. The Bertz CT molecular complexity index is 1040. The largest absolute Gasteiger partial charge is 0.467 e. The fraction of sp³-hybridized carbons (Fsp3) is 0.286. The molecule has 0 bridgehead atoms. The summed E-state index contributed by atoms with van der Waals surface area (Å²) in [6.45, 7) is 6.72. The van der Waals surface area contributed by atoms with Crippen LogP contribution in [0.5, 0.6) is 0 Å². The first kappa shape index (κ1) is 24.1. The van der Waals surface area contributed by atoms with Crippen molar-refractivity contribution in [2.24, 2.45) is 0 Å². The van der Waals surface area contributed by atoms with E-state index in [0.29, 0.717) is 18.8 Å². The van der Waals surface area contributed by atoms with Gasteiger partial charge in [0.2, 0.25) is 11.8 Å². The van der Waals surface area contributed by atoms with Gasteiger partial charge in [-0.05, 0) is 56.5 Å². The average Bonchev–Trinajstić information content (AvgIpc) is 3.32. The van der Waals surface area contributed by atoms with E-state index in [9.17, 15) is 9.59 Å². The molecule has 3 aromatic rings. The zero-order valence-electron chi connectivity index (χ0n) is 19.6. The lowest BCUT2D eigenvalue weighted by Crippen LogP contribution is -2.50. The molecule has 33 heavy (non-hydrogen) atoms. The second-order valence-electron chi connectivity index (χ2n) is 8.97. The molecule has 0 spiro atoms. The van der Waals surface area contributed by atoms with E-state index in [1.54, 1.807) is 22.1 Å². The standard InChI is InChI=1S/C28H32N2O3/c1-28(2,3)30(26(31)17-16-23-11-6-4-7-12-23)22-27(32)29(21-25-15-10-20-33-25)19-18-24-13-8-5-9-14-24/h4-17,20H,18-19,21-22H2,1-3H3. The van der Waals surface area contributed by atoms with Crippen LogP contribution >= 0.6 is 0 Å². The van der Waals surface area contributed by atoms with Gasteiger partial charge in [-0.1, -0.05) is 60.7 Å². The highest BCUT2D eigenvalue weighted by atomic mass is 16.3. The number of carbonyl (C=O) groups excluding carboxylic acids is 2. The Morgan fingerprint density at radius 3 is 2.18 bits per heavy atom. The van der Waals surface area contributed by atoms with Crippen LogP contribution in [0.3, 0.4) is 0 Å². The molecule has 2 amide bonds. The summed E-state index contributed by atoms with van der Waals surface area (Å²) in [7, 11) is 0. The van der Waals surface area contributed by atoms with Crippen molar-refractivity contribution >= 4 is 17.9 Å². The van der Waals surface area contributed by atoms with Gasteiger partial charge in [0, 0.05) is 18.2 Å². The lowest BCUT2D eigenvalue weighted by atomic mass is 10.1. The summed E-state index contributed by atoms with van der Waals surface area (Å²) in [5.41, 5.74) is 1.58. The average molecular weight is 445 g/mol. The van der Waals surface area contributed by atoms with Crippen LogP contribution in [0, 0.1) is 0 Å². The minimum absolute atomic E-state index is 0.00301. The third-order valence-corrected chi connectivity index (χ3v) is 5.38. The minimum Gasteiger partial charge on any atom is -0.467 e. The number of carbonyl (C=O) groups is 2. The first-order chi connectivity index (χ1) is 15.8. The van der Waals surface area contributed by atoms with Gasteiger partial charge in [-0.15, -0.1) is 0 Å². The number of benzene rings is 2. The van der Waals surface area contributed by atoms with Crippen LogP contribution in [-0.4, -0.2) is 40.2 Å². The first-order valence-electron chi connectivity index (χ1n) is 11.2. The lowest BCUT2D eigenvalue weighted by Gasteiger charge is -2.36. The molecule has 0 saturated carbocycles. The quantitative estimate of drug-likeness (QED) is 0.427. The Kier molecular flexibility index (Phi) is 8.25. The van der Waals surface area contributed by atoms with Crippen molar-refractivity contribution < 1.29 is 14.0 Å². The highest BCUT2D eigenvalue weighted by Gasteiger charge is 2.29. The van der Waals surface area contributed by atoms with Gasteiger partial charge in [-0.3, -0.25) is 9.59 Å². The monoisotopic (exact) mass is 444 g/mol. The van der Waals surface area contributed by atoms with Crippen LogP contribution in [0.15, 0.2) is 89.6 Å². The van der Waals surface area contributed by atoms with E-state index in [-0.39, 0.29) is 18.4 Å². The second kappa shape index (κ2) is 11.3. The van der Waals surface area contributed by atoms with Gasteiger partial charge >= 0.3 is 0 Å². The Morgan fingerprint density at radius 2 is 1.58 bits per heavy atom. The zero-order chi connectivity index (χ0) is 23.7. The van der Waals surface area contributed by atoms with Crippen LogP contribution in [0.1, 0.15) is 37.7 Å². The molecule has 5 heteroatoms. The molecule has 0 aliphatic heterocycles. The molecule has 0 radical (unpaired) electrons. The normalized spacial score (nSPS) is 11.5. The van der Waals surface area contributed by atoms with Crippen LogP contribution in [0.4, 0.5) is 0 Å². The maximum atomic E-state index is 13.4. The van der Waals surface area contributed by atoms with E-state index >= 15 is 0 Å². The maximum Gasteiger partial charge on any atom is 0.247 e. The van der Waals surface area contributed by atoms with Crippen molar-refractivity contribution in [1.82, 2.24) is 9.80 Å². The minimum atomic E-state index is -0.510. The van der Waals surface area contributed by atoms with Crippen molar-refractivity contribution in [3.63, 3.8) is 0 Å². The van der Waals surface area contributed by atoms with Crippen molar-refractivity contribution in [3.05, 3.63) is 102 Å². The Balaban J connectivity index is 1.74. The fourth-order valence-electron chi connectivity index (χ4n) is 3.49. The molecule has 0 aliphatic carbocycles. The third-order valence-electron chi connectivity index (χ3n) is 5.38. The molecule has 0 N–H and O–H groups in total. The molecule has 0 atom stereocenters. The summed E-state index contributed by atoms with van der Waals surface area (Å²) in [4.78, 5) is 29.8. The van der Waals surface area contributed by atoms with Gasteiger partial charge in [0.05, 0.1) is 12.8 Å². The molecule has 2 aromatic carbocycles. The summed E-state index contributed by atoms with van der Waals surface area (Å²) < 4.78 is 5.49.